The molecular weight excluding hydrogens is 422 g/mol. The molecule has 1 N–H and O–H groups in total. The van der Waals surface area contributed by atoms with Gasteiger partial charge in [-0.3, -0.25) is 0 Å². The molecule has 1 unspecified atom stereocenters. The van der Waals surface area contributed by atoms with Crippen molar-refractivity contribution in [1.82, 2.24) is 0 Å². The Bertz CT molecular complexity index is 554. The summed E-state index contributed by atoms with van der Waals surface area (Å²) < 4.78 is 3.25. The van der Waals surface area contributed by atoms with Gasteiger partial charge in [0, 0.05) is 25.1 Å². The number of rotatable bonds is 3. The first kappa shape index (κ1) is 14.1. The van der Waals surface area contributed by atoms with Crippen LogP contribution in [0.3, 0.4) is 0 Å². The molecule has 2 rings (SSSR count). The van der Waals surface area contributed by atoms with Gasteiger partial charge in [0.1, 0.15) is 0 Å². The van der Waals surface area contributed by atoms with Gasteiger partial charge >= 0.3 is 0 Å². The first-order valence-electron chi connectivity index (χ1n) is 5.54. The molecular formula is C14H12Br3N. The van der Waals surface area contributed by atoms with Gasteiger partial charge in [-0.25, -0.2) is 0 Å². The highest BCUT2D eigenvalue weighted by atomic mass is 79.9. The summed E-state index contributed by atoms with van der Waals surface area (Å²) in [5, 5.41) is 3.49. The normalized spacial score (nSPS) is 12.2. The van der Waals surface area contributed by atoms with Gasteiger partial charge in [0.05, 0.1) is 0 Å². The Hall–Kier alpha value is -0.320. The lowest BCUT2D eigenvalue weighted by atomic mass is 10.1. The van der Waals surface area contributed by atoms with Crippen LogP contribution in [0.15, 0.2) is 55.9 Å². The molecule has 0 aromatic heterocycles. The Balaban J connectivity index is 2.22. The molecule has 18 heavy (non-hydrogen) atoms. The second-order valence-electron chi connectivity index (χ2n) is 4.01. The standard InChI is InChI=1S/C14H12Br3N/c1-9(11-7-6-10(15)8-13(11)17)18-14-5-3-2-4-12(14)16/h2-9,18H,1H3. The number of halogens is 3. The minimum absolute atomic E-state index is 0.228. The minimum atomic E-state index is 0.228. The van der Waals surface area contributed by atoms with E-state index in [4.69, 9.17) is 0 Å². The molecule has 2 aromatic rings. The van der Waals surface area contributed by atoms with Crippen LogP contribution in [0.4, 0.5) is 5.69 Å². The fourth-order valence-corrected chi connectivity index (χ4v) is 3.53. The zero-order valence-electron chi connectivity index (χ0n) is 9.75. The largest absolute Gasteiger partial charge is 0.378 e. The van der Waals surface area contributed by atoms with Crippen molar-refractivity contribution in [3.63, 3.8) is 0 Å². The van der Waals surface area contributed by atoms with Crippen molar-refractivity contribution in [2.24, 2.45) is 0 Å². The molecule has 0 amide bonds. The molecule has 0 fully saturated rings. The SMILES string of the molecule is CC(Nc1ccccc1Br)c1ccc(Br)cc1Br. The van der Waals surface area contributed by atoms with Crippen molar-refractivity contribution in [2.75, 3.05) is 5.32 Å². The zero-order chi connectivity index (χ0) is 13.1. The second kappa shape index (κ2) is 6.22. The molecule has 94 valence electrons. The van der Waals surface area contributed by atoms with Gasteiger partial charge in [-0.05, 0) is 52.7 Å². The predicted molar refractivity (Wildman–Crippen MR) is 88.0 cm³/mol. The third-order valence-electron chi connectivity index (χ3n) is 2.67. The minimum Gasteiger partial charge on any atom is -0.378 e. The number of para-hydroxylation sites is 1. The van der Waals surface area contributed by atoms with Crippen LogP contribution in [-0.2, 0) is 0 Å². The van der Waals surface area contributed by atoms with Gasteiger partial charge in [0.15, 0.2) is 0 Å². The van der Waals surface area contributed by atoms with Crippen molar-refractivity contribution < 1.29 is 0 Å². The molecule has 1 atom stereocenters. The Labute approximate surface area is 132 Å². The molecule has 2 aromatic carbocycles. The van der Waals surface area contributed by atoms with E-state index in [-0.39, 0.29) is 6.04 Å². The summed E-state index contributed by atoms with van der Waals surface area (Å²) in [6, 6.07) is 14.6. The average Bonchev–Trinajstić information content (AvgIpc) is 2.32. The third-order valence-corrected chi connectivity index (χ3v) is 4.55. The lowest BCUT2D eigenvalue weighted by Crippen LogP contribution is -2.07. The molecule has 0 spiro atoms. The van der Waals surface area contributed by atoms with E-state index in [1.165, 1.54) is 5.56 Å². The van der Waals surface area contributed by atoms with E-state index < -0.39 is 0 Å². The summed E-state index contributed by atoms with van der Waals surface area (Å²) >= 11 is 10.6. The van der Waals surface area contributed by atoms with Crippen LogP contribution in [0.1, 0.15) is 18.5 Å². The molecule has 0 heterocycles. The number of hydrogen-bond acceptors (Lipinski definition) is 1. The highest BCUT2D eigenvalue weighted by molar-refractivity contribution is 9.11. The maximum Gasteiger partial charge on any atom is 0.0497 e. The van der Waals surface area contributed by atoms with Crippen LogP contribution >= 0.6 is 47.8 Å². The number of hydrogen-bond donors (Lipinski definition) is 1. The monoisotopic (exact) mass is 431 g/mol. The summed E-state index contributed by atoms with van der Waals surface area (Å²) in [6.45, 7) is 2.15. The van der Waals surface area contributed by atoms with Gasteiger partial charge in [0.2, 0.25) is 0 Å². The van der Waals surface area contributed by atoms with Crippen LogP contribution in [0.5, 0.6) is 0 Å². The first-order chi connectivity index (χ1) is 8.58. The quantitative estimate of drug-likeness (QED) is 0.612. The molecule has 1 nitrogen and oxygen atoms in total. The second-order valence-corrected chi connectivity index (χ2v) is 6.64. The lowest BCUT2D eigenvalue weighted by Gasteiger charge is -2.18. The summed E-state index contributed by atoms with van der Waals surface area (Å²) in [6.07, 6.45) is 0. The van der Waals surface area contributed by atoms with Crippen molar-refractivity contribution in [2.45, 2.75) is 13.0 Å². The summed E-state index contributed by atoms with van der Waals surface area (Å²) in [4.78, 5) is 0. The van der Waals surface area contributed by atoms with Crippen molar-refractivity contribution in [3.05, 3.63) is 61.4 Å². The Kier molecular flexibility index (Phi) is 4.87. The smallest absolute Gasteiger partial charge is 0.0497 e. The van der Waals surface area contributed by atoms with Crippen molar-refractivity contribution in [1.29, 1.82) is 0 Å². The van der Waals surface area contributed by atoms with E-state index >= 15 is 0 Å². The Morgan fingerprint density at radius 2 is 1.67 bits per heavy atom. The van der Waals surface area contributed by atoms with Gasteiger partial charge in [-0.2, -0.15) is 0 Å². The Morgan fingerprint density at radius 3 is 2.33 bits per heavy atom. The lowest BCUT2D eigenvalue weighted by molar-refractivity contribution is 0.877. The molecule has 0 saturated carbocycles. The third kappa shape index (κ3) is 3.37. The fourth-order valence-electron chi connectivity index (χ4n) is 1.74. The van der Waals surface area contributed by atoms with E-state index in [1.54, 1.807) is 0 Å². The van der Waals surface area contributed by atoms with E-state index in [0.29, 0.717) is 0 Å². The van der Waals surface area contributed by atoms with Gasteiger partial charge in [-0.15, -0.1) is 0 Å². The van der Waals surface area contributed by atoms with E-state index in [9.17, 15) is 0 Å². The fraction of sp³-hybridized carbons (Fsp3) is 0.143. The van der Waals surface area contributed by atoms with E-state index in [0.717, 1.165) is 19.1 Å². The number of nitrogens with one attached hydrogen (secondary N) is 1. The highest BCUT2D eigenvalue weighted by Crippen LogP contribution is 2.31. The maximum absolute atomic E-state index is 3.60. The zero-order valence-corrected chi connectivity index (χ0v) is 14.5. The highest BCUT2D eigenvalue weighted by Gasteiger charge is 2.10. The van der Waals surface area contributed by atoms with Gasteiger partial charge in [0.25, 0.3) is 0 Å². The number of anilines is 1. The molecule has 0 radical (unpaired) electrons. The van der Waals surface area contributed by atoms with Crippen LogP contribution in [0, 0.1) is 0 Å². The van der Waals surface area contributed by atoms with Crippen LogP contribution in [0.25, 0.3) is 0 Å². The average molecular weight is 434 g/mol. The van der Waals surface area contributed by atoms with Crippen molar-refractivity contribution >= 4 is 53.5 Å². The predicted octanol–water partition coefficient (Wildman–Crippen LogP) is 6.15. The summed E-state index contributed by atoms with van der Waals surface area (Å²) in [7, 11) is 0. The van der Waals surface area contributed by atoms with Crippen LogP contribution in [0.2, 0.25) is 0 Å². The van der Waals surface area contributed by atoms with E-state index in [2.05, 4.69) is 84.3 Å². The summed E-state index contributed by atoms with van der Waals surface area (Å²) in [5.74, 6) is 0. The van der Waals surface area contributed by atoms with Crippen LogP contribution < -0.4 is 5.32 Å². The van der Waals surface area contributed by atoms with Crippen molar-refractivity contribution in [3.8, 4) is 0 Å². The molecule has 4 heteroatoms. The molecule has 0 bridgehead atoms. The maximum atomic E-state index is 3.60. The summed E-state index contributed by atoms with van der Waals surface area (Å²) in [5.41, 5.74) is 2.33. The molecule has 0 aliphatic rings. The molecule has 0 aliphatic carbocycles. The van der Waals surface area contributed by atoms with Crippen LogP contribution in [-0.4, -0.2) is 0 Å². The Morgan fingerprint density at radius 1 is 0.944 bits per heavy atom. The first-order valence-corrected chi connectivity index (χ1v) is 7.92. The topological polar surface area (TPSA) is 12.0 Å². The molecule has 0 aliphatic heterocycles. The number of benzene rings is 2. The van der Waals surface area contributed by atoms with E-state index in [1.807, 2.05) is 18.2 Å². The van der Waals surface area contributed by atoms with Gasteiger partial charge < -0.3 is 5.32 Å². The van der Waals surface area contributed by atoms with Gasteiger partial charge in [-0.1, -0.05) is 50.1 Å². The molecule has 0 saturated heterocycles.